The maximum atomic E-state index is 13.5. The number of benzene rings is 4. The predicted octanol–water partition coefficient (Wildman–Crippen LogP) is 6.24. The zero-order chi connectivity index (χ0) is 30.1. The highest BCUT2D eigenvalue weighted by Gasteiger charge is 2.18. The van der Waals surface area contributed by atoms with E-state index in [1.165, 1.54) is 37.1 Å². The first-order chi connectivity index (χ1) is 20.2. The number of thioether (sulfide) groups is 1. The minimum Gasteiger partial charge on any atom is -0.508 e. The van der Waals surface area contributed by atoms with Crippen LogP contribution in [0.3, 0.4) is 0 Å². The van der Waals surface area contributed by atoms with Crippen LogP contribution < -0.4 is 20.7 Å². The van der Waals surface area contributed by atoms with Crippen LogP contribution in [0.2, 0.25) is 0 Å². The Kier molecular flexibility index (Phi) is 10.0. The van der Waals surface area contributed by atoms with Crippen LogP contribution in [0.4, 0.5) is 11.4 Å². The van der Waals surface area contributed by atoms with E-state index in [2.05, 4.69) is 16.0 Å². The number of hydrogen-bond donors (Lipinski definition) is 4. The van der Waals surface area contributed by atoms with Crippen molar-refractivity contribution in [3.05, 3.63) is 119 Å². The normalized spacial score (nSPS) is 11.7. The fourth-order valence-corrected chi connectivity index (χ4v) is 4.89. The van der Waals surface area contributed by atoms with E-state index >= 15 is 0 Å². The summed E-state index contributed by atoms with van der Waals surface area (Å²) in [6.07, 6.45) is 1.48. The Morgan fingerprint density at radius 2 is 1.62 bits per heavy atom. The standard InChI is InChI=1S/C33H31N3O5S/c1-21-10-7-8-15-28(21)35-31(38)22(2)42-27-14-9-13-25(19-27)34-33(40)29(36-32(39)23-11-5-4-6-12-23)18-24-16-17-26(37)20-30(24)41-3/h4-20,22,37H,1-3H3,(H,34,40)(H,35,38)(H,36,39)/b29-18+. The third-order valence-corrected chi connectivity index (χ3v) is 7.32. The molecule has 0 aliphatic rings. The number of methoxy groups -OCH3 is 1. The molecule has 0 aliphatic heterocycles. The van der Waals surface area contributed by atoms with Crippen molar-refractivity contribution in [2.45, 2.75) is 24.0 Å². The smallest absolute Gasteiger partial charge is 0.272 e. The highest BCUT2D eigenvalue weighted by atomic mass is 32.2. The molecule has 9 heteroatoms. The molecule has 4 N–H and O–H groups in total. The second-order valence-electron chi connectivity index (χ2n) is 9.35. The molecule has 4 aromatic carbocycles. The summed E-state index contributed by atoms with van der Waals surface area (Å²) in [5, 5.41) is 17.9. The van der Waals surface area contributed by atoms with E-state index in [4.69, 9.17) is 4.74 Å². The Hall–Kier alpha value is -5.02. The van der Waals surface area contributed by atoms with Crippen molar-refractivity contribution in [1.29, 1.82) is 0 Å². The lowest BCUT2D eigenvalue weighted by Gasteiger charge is -2.15. The molecule has 4 rings (SSSR count). The summed E-state index contributed by atoms with van der Waals surface area (Å²) in [5.74, 6) is -0.847. The number of carbonyl (C=O) groups excluding carboxylic acids is 3. The van der Waals surface area contributed by atoms with Crippen molar-refractivity contribution in [1.82, 2.24) is 5.32 Å². The molecule has 0 aliphatic carbocycles. The van der Waals surface area contributed by atoms with Gasteiger partial charge in [-0.05, 0) is 74.0 Å². The van der Waals surface area contributed by atoms with Crippen molar-refractivity contribution in [2.24, 2.45) is 0 Å². The van der Waals surface area contributed by atoms with Gasteiger partial charge in [-0.2, -0.15) is 0 Å². The van der Waals surface area contributed by atoms with Gasteiger partial charge < -0.3 is 25.8 Å². The average Bonchev–Trinajstić information content (AvgIpc) is 2.99. The lowest BCUT2D eigenvalue weighted by atomic mass is 10.1. The molecule has 1 atom stereocenters. The largest absolute Gasteiger partial charge is 0.508 e. The van der Waals surface area contributed by atoms with Crippen molar-refractivity contribution < 1.29 is 24.2 Å². The topological polar surface area (TPSA) is 117 Å². The fourth-order valence-electron chi connectivity index (χ4n) is 3.97. The molecule has 0 fully saturated rings. The van der Waals surface area contributed by atoms with E-state index < -0.39 is 17.1 Å². The number of phenolic OH excluding ortho intramolecular Hbond substituents is 1. The first kappa shape index (κ1) is 30.0. The van der Waals surface area contributed by atoms with Gasteiger partial charge >= 0.3 is 0 Å². The molecule has 0 radical (unpaired) electrons. The number of amides is 3. The van der Waals surface area contributed by atoms with Crippen molar-refractivity contribution in [3.63, 3.8) is 0 Å². The fraction of sp³-hybridized carbons (Fsp3) is 0.121. The van der Waals surface area contributed by atoms with E-state index in [0.717, 1.165) is 16.1 Å². The van der Waals surface area contributed by atoms with Gasteiger partial charge in [-0.25, -0.2) is 0 Å². The van der Waals surface area contributed by atoms with Crippen LogP contribution in [0.1, 0.15) is 28.4 Å². The molecule has 0 spiro atoms. The van der Waals surface area contributed by atoms with Crippen LogP contribution in [0.5, 0.6) is 11.5 Å². The van der Waals surface area contributed by atoms with Crippen molar-refractivity contribution in [2.75, 3.05) is 17.7 Å². The highest BCUT2D eigenvalue weighted by molar-refractivity contribution is 8.00. The minimum atomic E-state index is -0.568. The second-order valence-corrected chi connectivity index (χ2v) is 10.8. The number of phenols is 1. The molecular weight excluding hydrogens is 550 g/mol. The van der Waals surface area contributed by atoms with E-state index in [1.807, 2.05) is 44.2 Å². The highest BCUT2D eigenvalue weighted by Crippen LogP contribution is 2.28. The van der Waals surface area contributed by atoms with Gasteiger partial charge in [0, 0.05) is 33.5 Å². The summed E-state index contributed by atoms with van der Waals surface area (Å²) in [6, 6.07) is 27.7. The van der Waals surface area contributed by atoms with Gasteiger partial charge in [0.2, 0.25) is 5.91 Å². The number of para-hydroxylation sites is 1. The van der Waals surface area contributed by atoms with Crippen LogP contribution >= 0.6 is 11.8 Å². The number of rotatable bonds is 10. The zero-order valence-corrected chi connectivity index (χ0v) is 24.2. The van der Waals surface area contributed by atoms with Crippen LogP contribution in [0.15, 0.2) is 108 Å². The van der Waals surface area contributed by atoms with E-state index in [0.29, 0.717) is 22.6 Å². The molecule has 0 saturated heterocycles. The first-order valence-electron chi connectivity index (χ1n) is 13.1. The van der Waals surface area contributed by atoms with Gasteiger partial charge in [-0.1, -0.05) is 42.5 Å². The van der Waals surface area contributed by atoms with Crippen molar-refractivity contribution >= 4 is 46.9 Å². The number of anilines is 2. The summed E-state index contributed by atoms with van der Waals surface area (Å²) in [7, 11) is 1.44. The molecule has 214 valence electrons. The number of aromatic hydroxyl groups is 1. The molecule has 3 amide bonds. The summed E-state index contributed by atoms with van der Waals surface area (Å²) in [4.78, 5) is 40.0. The average molecular weight is 582 g/mol. The third-order valence-electron chi connectivity index (χ3n) is 6.22. The third kappa shape index (κ3) is 8.02. The van der Waals surface area contributed by atoms with Crippen LogP contribution in [-0.4, -0.2) is 35.2 Å². The molecule has 0 saturated carbocycles. The lowest BCUT2D eigenvalue weighted by Crippen LogP contribution is -2.30. The molecule has 0 bridgehead atoms. The van der Waals surface area contributed by atoms with Gasteiger partial charge in [0.05, 0.1) is 12.4 Å². The molecular formula is C33H31N3O5S. The SMILES string of the molecule is COc1cc(O)ccc1/C=C(/NC(=O)c1ccccc1)C(=O)Nc1cccc(SC(C)C(=O)Nc2ccccc2C)c1. The molecule has 0 aromatic heterocycles. The van der Waals surface area contributed by atoms with Crippen LogP contribution in [-0.2, 0) is 9.59 Å². The van der Waals surface area contributed by atoms with Crippen LogP contribution in [0, 0.1) is 6.92 Å². The molecule has 42 heavy (non-hydrogen) atoms. The Balaban J connectivity index is 1.52. The first-order valence-corrected chi connectivity index (χ1v) is 14.0. The van der Waals surface area contributed by atoms with Gasteiger partial charge in [-0.15, -0.1) is 11.8 Å². The quantitative estimate of drug-likeness (QED) is 0.130. The number of ether oxygens (including phenoxy) is 1. The summed E-state index contributed by atoms with van der Waals surface area (Å²) in [5.41, 5.74) is 3.04. The summed E-state index contributed by atoms with van der Waals surface area (Å²) < 4.78 is 5.35. The lowest BCUT2D eigenvalue weighted by molar-refractivity contribution is -0.115. The maximum absolute atomic E-state index is 13.5. The van der Waals surface area contributed by atoms with Gasteiger partial charge in [-0.3, -0.25) is 14.4 Å². The number of hydrogen-bond acceptors (Lipinski definition) is 6. The van der Waals surface area contributed by atoms with E-state index in [1.54, 1.807) is 54.6 Å². The summed E-state index contributed by atoms with van der Waals surface area (Å²) in [6.45, 7) is 3.75. The zero-order valence-electron chi connectivity index (χ0n) is 23.4. The van der Waals surface area contributed by atoms with Crippen LogP contribution in [0.25, 0.3) is 6.08 Å². The number of aryl methyl sites for hydroxylation is 1. The molecule has 8 nitrogen and oxygen atoms in total. The maximum Gasteiger partial charge on any atom is 0.272 e. The van der Waals surface area contributed by atoms with E-state index in [9.17, 15) is 19.5 Å². The number of carbonyl (C=O) groups is 3. The Labute approximate surface area is 248 Å². The van der Waals surface area contributed by atoms with Crippen molar-refractivity contribution in [3.8, 4) is 11.5 Å². The minimum absolute atomic E-state index is 0.000509. The van der Waals surface area contributed by atoms with Gasteiger partial charge in [0.15, 0.2) is 0 Å². The Morgan fingerprint density at radius 1 is 0.881 bits per heavy atom. The monoisotopic (exact) mass is 581 g/mol. The summed E-state index contributed by atoms with van der Waals surface area (Å²) >= 11 is 1.36. The molecule has 0 heterocycles. The van der Waals surface area contributed by atoms with Gasteiger partial charge in [0.25, 0.3) is 11.8 Å². The Morgan fingerprint density at radius 3 is 2.36 bits per heavy atom. The molecule has 4 aromatic rings. The predicted molar refractivity (Wildman–Crippen MR) is 167 cm³/mol. The van der Waals surface area contributed by atoms with Gasteiger partial charge in [0.1, 0.15) is 17.2 Å². The number of nitrogens with one attached hydrogen (secondary N) is 3. The second kappa shape index (κ2) is 14.0. The van der Waals surface area contributed by atoms with E-state index in [-0.39, 0.29) is 17.4 Å². The molecule has 1 unspecified atom stereocenters. The Bertz CT molecular complexity index is 1620.